The lowest BCUT2D eigenvalue weighted by Gasteiger charge is -2.27. The van der Waals surface area contributed by atoms with Crippen molar-refractivity contribution in [3.63, 3.8) is 0 Å². The van der Waals surface area contributed by atoms with E-state index in [1.54, 1.807) is 42.6 Å². The van der Waals surface area contributed by atoms with Crippen molar-refractivity contribution >= 4 is 87.2 Å². The number of aromatic nitrogens is 13. The molecule has 17 aromatic rings. The molecular weight excluding hydrogens is 1520 g/mol. The van der Waals surface area contributed by atoms with Crippen molar-refractivity contribution in [3.05, 3.63) is 263 Å². The van der Waals surface area contributed by atoms with Crippen LogP contribution in [0.25, 0.3) is 110 Å². The van der Waals surface area contributed by atoms with Crippen LogP contribution in [0.4, 0.5) is 17.6 Å². The van der Waals surface area contributed by atoms with E-state index >= 15 is 0 Å². The Balaban J connectivity index is 0.000000110. The van der Waals surface area contributed by atoms with Crippen LogP contribution < -0.4 is 0 Å². The van der Waals surface area contributed by atoms with E-state index in [1.165, 1.54) is 79.9 Å². The summed E-state index contributed by atoms with van der Waals surface area (Å²) in [6, 6.07) is 50.9. The largest absolute Gasteiger partial charge is 0.381 e. The van der Waals surface area contributed by atoms with Gasteiger partial charge in [-0.2, -0.15) is 30.9 Å². The lowest BCUT2D eigenvalue weighted by molar-refractivity contribution is 0.0662. The van der Waals surface area contributed by atoms with Crippen LogP contribution in [0, 0.1) is 51.8 Å². The van der Waals surface area contributed by atoms with Crippen LogP contribution in [0.5, 0.6) is 0 Å². The first-order chi connectivity index (χ1) is 58.6. The maximum atomic E-state index is 13.8. The smallest absolute Gasteiger partial charge is 0.123 e. The molecule has 8 aromatic carbocycles. The Hall–Kier alpha value is -12.4. The zero-order valence-corrected chi connectivity index (χ0v) is 67.8. The molecule has 21 rings (SSSR count). The maximum absolute atomic E-state index is 13.8. The molecule has 4 saturated heterocycles. The first kappa shape index (κ1) is 78.8. The number of aryl methyl sites for hydroxylation is 4. The number of benzene rings is 8. The Morgan fingerprint density at radius 3 is 1.12 bits per heavy atom. The van der Waals surface area contributed by atoms with Gasteiger partial charge in [0, 0.05) is 191 Å². The minimum atomic E-state index is -0.282. The predicted molar refractivity (Wildman–Crippen MR) is 462 cm³/mol. The number of hydrogen-bond donors (Lipinski definition) is 4. The van der Waals surface area contributed by atoms with E-state index in [4.69, 9.17) is 18.9 Å². The number of nitriles is 2. The Morgan fingerprint density at radius 1 is 0.417 bits per heavy atom. The standard InChI is InChI=1S/C28H29FN4O.C26H28FN3O2.C23H21FN4O.C20H17FN4/c1-32-12-9-19(18-32)3-2-4-24-25-16-26-21(17-30-31-26)15-27(25)33(23-7-5-22(29)6-8-23)28(24)20-10-13-34-14-11-20;27-20-1-3-21(4-2-20)30-25-14-19-16-28-29-24(19)15-22(25)23(13-17-5-9-31-10-6-17)26(30)18-7-11-32-12-8-18;24-17-3-5-18(6-4-17)28-22-12-16-14-26-27-21(16)13-20(22)19(2-1-9-25)23(28)15-7-10-29-11-8-15;1-20(2,3)19-16(10-22)15-9-17-12(11-23-24-17)8-18(15)25(19)14-6-4-13(21)5-7-14/h5-9,12,15-18,20H,2-4,10-11,13-14H2,1H3,(H,30,31);1-4,14-18H,5-13H2,(H,28,29);3-6,12-15H,1-2,7-8,10-11H2,(H,26,27);4-9,11H,1-3H3,(H,23,24). The summed E-state index contributed by atoms with van der Waals surface area (Å²) in [5, 5.41) is 56.9. The van der Waals surface area contributed by atoms with Crippen LogP contribution in [0.15, 0.2) is 189 Å². The number of nitrogens with one attached hydrogen (secondary N) is 4. The number of halogens is 4. The fourth-order valence-corrected chi connectivity index (χ4v) is 19.0. The van der Waals surface area contributed by atoms with Crippen LogP contribution in [0.2, 0.25) is 0 Å². The van der Waals surface area contributed by atoms with Crippen LogP contribution in [0.3, 0.4) is 0 Å². The summed E-state index contributed by atoms with van der Waals surface area (Å²) in [6.45, 7) is 12.5. The summed E-state index contributed by atoms with van der Waals surface area (Å²) < 4.78 is 88.5. The summed E-state index contributed by atoms with van der Waals surface area (Å²) in [6.07, 6.45) is 25.1. The van der Waals surface area contributed by atoms with Gasteiger partial charge in [0.15, 0.2) is 0 Å². The summed E-state index contributed by atoms with van der Waals surface area (Å²) in [5.41, 5.74) is 22.7. The molecule has 0 spiro atoms. The predicted octanol–water partition coefficient (Wildman–Crippen LogP) is 21.4. The summed E-state index contributed by atoms with van der Waals surface area (Å²) in [4.78, 5) is 0. The molecule has 120 heavy (non-hydrogen) atoms. The molecule has 4 fully saturated rings. The zero-order chi connectivity index (χ0) is 82.1. The number of hydrogen-bond acceptors (Lipinski definition) is 10. The number of nitrogens with zero attached hydrogens (tertiary/aromatic N) is 11. The third kappa shape index (κ3) is 15.8. The van der Waals surface area contributed by atoms with Crippen molar-refractivity contribution in [3.8, 4) is 34.9 Å². The van der Waals surface area contributed by atoms with Gasteiger partial charge >= 0.3 is 0 Å². The molecule has 19 nitrogen and oxygen atoms in total. The second kappa shape index (κ2) is 34.2. The van der Waals surface area contributed by atoms with Gasteiger partial charge in [-0.05, 0) is 263 Å². The normalized spacial score (nSPS) is 15.4. The average Bonchev–Trinajstić information content (AvgIpc) is 1.58. The van der Waals surface area contributed by atoms with Crippen molar-refractivity contribution in [1.29, 1.82) is 10.5 Å². The van der Waals surface area contributed by atoms with Gasteiger partial charge in [-0.1, -0.05) is 20.8 Å². The van der Waals surface area contributed by atoms with E-state index in [0.717, 1.165) is 229 Å². The fraction of sp³-hybridized carbons (Fsp3) is 0.320. The Bertz CT molecular complexity index is 6610. The van der Waals surface area contributed by atoms with Crippen LogP contribution in [-0.4, -0.2) is 116 Å². The summed E-state index contributed by atoms with van der Waals surface area (Å²) in [7, 11) is 2.07. The molecule has 9 aromatic heterocycles. The van der Waals surface area contributed by atoms with Gasteiger partial charge < -0.3 is 41.8 Å². The molecule has 13 heterocycles. The van der Waals surface area contributed by atoms with Crippen molar-refractivity contribution in [2.75, 3.05) is 52.9 Å². The third-order valence-electron chi connectivity index (χ3n) is 24.6. The highest BCUT2D eigenvalue weighted by Gasteiger charge is 2.34. The molecule has 0 radical (unpaired) electrons. The lowest BCUT2D eigenvalue weighted by atomic mass is 9.86. The highest BCUT2D eigenvalue weighted by Crippen LogP contribution is 2.46. The molecule has 23 heteroatoms. The van der Waals surface area contributed by atoms with Gasteiger partial charge in [0.2, 0.25) is 0 Å². The van der Waals surface area contributed by atoms with Gasteiger partial charge in [-0.15, -0.1) is 0 Å². The Kier molecular flexibility index (Phi) is 22.4. The molecule has 0 bridgehead atoms. The molecular formula is C97H95F4N15O4. The number of aromatic amines is 4. The van der Waals surface area contributed by atoms with Crippen LogP contribution in [-0.2, 0) is 57.1 Å². The van der Waals surface area contributed by atoms with E-state index in [-0.39, 0.29) is 28.7 Å². The van der Waals surface area contributed by atoms with E-state index in [1.807, 2.05) is 67.1 Å². The van der Waals surface area contributed by atoms with Gasteiger partial charge in [-0.3, -0.25) is 20.4 Å². The molecule has 4 N–H and O–H groups in total. The molecule has 0 saturated carbocycles. The zero-order valence-electron chi connectivity index (χ0n) is 67.8. The van der Waals surface area contributed by atoms with Crippen molar-refractivity contribution < 1.29 is 36.5 Å². The molecule has 610 valence electrons. The number of ether oxygens (including phenoxy) is 4. The van der Waals surface area contributed by atoms with Crippen molar-refractivity contribution in [2.45, 2.75) is 134 Å². The minimum Gasteiger partial charge on any atom is -0.381 e. The van der Waals surface area contributed by atoms with E-state index in [9.17, 15) is 28.1 Å². The van der Waals surface area contributed by atoms with Gasteiger partial charge in [0.25, 0.3) is 0 Å². The van der Waals surface area contributed by atoms with Gasteiger partial charge in [-0.25, -0.2) is 17.6 Å². The third-order valence-corrected chi connectivity index (χ3v) is 24.6. The monoisotopic (exact) mass is 1610 g/mol. The maximum Gasteiger partial charge on any atom is 0.123 e. The second-order valence-corrected chi connectivity index (χ2v) is 33.3. The number of H-pyrrole nitrogens is 4. The topological polar surface area (TPSA) is 224 Å². The van der Waals surface area contributed by atoms with Crippen molar-refractivity contribution in [2.24, 2.45) is 13.0 Å². The SMILES string of the molecule is CC(C)(C)c1c(C#N)c2cc3[nH]ncc3cc2n1-c1ccc(F)cc1.Cn1ccc(CCCc2c(C3CCOCC3)n(-c3ccc(F)cc3)c3cc4cn[nH]c4cc23)c1.Fc1ccc(-n2c(C3CCOCC3)c(CC3CCOCC3)c3cc4[nH]ncc4cc32)cc1.N#CCCc1c(C2CCOCC2)n(-c2ccc(F)cc2)c2cc3cn[nH]c3cc12. The molecule has 4 aliphatic heterocycles. The number of fused-ring (bicyclic) bond motifs is 8. The Morgan fingerprint density at radius 2 is 0.758 bits per heavy atom. The molecule has 0 atom stereocenters. The first-order valence-electron chi connectivity index (χ1n) is 41.9. The molecule has 4 aliphatic rings. The van der Waals surface area contributed by atoms with Crippen LogP contribution >= 0.6 is 0 Å². The Labute approximate surface area is 691 Å². The van der Waals surface area contributed by atoms with E-state index in [0.29, 0.717) is 42.1 Å². The number of rotatable bonds is 15. The minimum absolute atomic E-state index is 0.211. The summed E-state index contributed by atoms with van der Waals surface area (Å²) >= 11 is 0. The van der Waals surface area contributed by atoms with E-state index < -0.39 is 0 Å². The first-order valence-corrected chi connectivity index (χ1v) is 41.9. The summed E-state index contributed by atoms with van der Waals surface area (Å²) in [5.74, 6) is 0.834. The lowest BCUT2D eigenvalue weighted by Crippen LogP contribution is -2.21. The van der Waals surface area contributed by atoms with Gasteiger partial charge in [0.1, 0.15) is 29.3 Å². The van der Waals surface area contributed by atoms with Crippen molar-refractivity contribution in [1.82, 2.24) is 63.6 Å². The second-order valence-electron chi connectivity index (χ2n) is 33.3. The quantitative estimate of drug-likeness (QED) is 0.0711. The highest BCUT2D eigenvalue weighted by molar-refractivity contribution is 6.03. The molecule has 0 amide bonds. The van der Waals surface area contributed by atoms with Crippen LogP contribution in [0.1, 0.15) is 153 Å². The van der Waals surface area contributed by atoms with Gasteiger partial charge in [0.05, 0.1) is 80.6 Å². The highest BCUT2D eigenvalue weighted by atomic mass is 19.1. The molecule has 0 unspecified atom stereocenters. The average molecular weight is 1610 g/mol. The fourth-order valence-electron chi connectivity index (χ4n) is 19.0. The molecule has 0 aliphatic carbocycles. The van der Waals surface area contributed by atoms with E-state index in [2.05, 4.69) is 158 Å².